The largest absolute Gasteiger partial charge is 0.494 e. The Bertz CT molecular complexity index is 177. The molecule has 1 aromatic rings. The zero-order valence-corrected chi connectivity index (χ0v) is 8.48. The van der Waals surface area contributed by atoms with E-state index in [1.807, 2.05) is 37.3 Å². The molecule has 0 spiro atoms. The molecule has 0 amide bonds. The van der Waals surface area contributed by atoms with Crippen molar-refractivity contribution in [3.05, 3.63) is 30.3 Å². The molecule has 0 radical (unpaired) electrons. The molecule has 0 saturated carbocycles. The quantitative estimate of drug-likeness (QED) is 0.674. The first-order chi connectivity index (χ1) is 5.85. The van der Waals surface area contributed by atoms with E-state index >= 15 is 0 Å². The van der Waals surface area contributed by atoms with Gasteiger partial charge in [-0.15, -0.1) is 23.2 Å². The first kappa shape index (κ1) is 11.6. The predicted molar refractivity (Wildman–Crippen MR) is 54.2 cm³/mol. The first-order valence-corrected chi connectivity index (χ1v) is 4.71. The van der Waals surface area contributed by atoms with E-state index in [1.54, 1.807) is 0 Å². The highest BCUT2D eigenvalue weighted by molar-refractivity contribution is 6.40. The van der Waals surface area contributed by atoms with Gasteiger partial charge in [-0.3, -0.25) is 0 Å². The average molecular weight is 207 g/mol. The number of para-hydroxylation sites is 1. The van der Waals surface area contributed by atoms with Gasteiger partial charge in [0.05, 0.1) is 11.9 Å². The fourth-order valence-electron chi connectivity index (χ4n) is 0.683. The number of benzene rings is 1. The summed E-state index contributed by atoms with van der Waals surface area (Å²) in [4.78, 5) is 0. The lowest BCUT2D eigenvalue weighted by Gasteiger charge is -1.99. The van der Waals surface area contributed by atoms with Crippen molar-refractivity contribution in [1.82, 2.24) is 0 Å². The van der Waals surface area contributed by atoms with Crippen LogP contribution in [0.3, 0.4) is 0 Å². The zero-order chi connectivity index (χ0) is 9.23. The van der Waals surface area contributed by atoms with E-state index in [0.29, 0.717) is 0 Å². The van der Waals surface area contributed by atoms with E-state index in [1.165, 1.54) is 0 Å². The molecule has 1 rings (SSSR count). The molecule has 0 aliphatic heterocycles. The zero-order valence-electron chi connectivity index (χ0n) is 6.97. The van der Waals surface area contributed by atoms with Crippen LogP contribution in [0, 0.1) is 0 Å². The molecule has 0 saturated heterocycles. The van der Waals surface area contributed by atoms with Crippen LogP contribution in [-0.4, -0.2) is 11.9 Å². The van der Waals surface area contributed by atoms with Crippen LogP contribution in [0.1, 0.15) is 6.92 Å². The molecule has 68 valence electrons. The Morgan fingerprint density at radius 3 is 2.08 bits per heavy atom. The van der Waals surface area contributed by atoms with E-state index in [9.17, 15) is 0 Å². The van der Waals surface area contributed by atoms with Gasteiger partial charge in [-0.05, 0) is 19.1 Å². The fraction of sp³-hybridized carbons (Fsp3) is 0.333. The van der Waals surface area contributed by atoms with E-state index < -0.39 is 0 Å². The topological polar surface area (TPSA) is 9.23 Å². The summed E-state index contributed by atoms with van der Waals surface area (Å²) < 4.78 is 5.21. The Morgan fingerprint density at radius 1 is 1.17 bits per heavy atom. The summed E-state index contributed by atoms with van der Waals surface area (Å²) in [5.41, 5.74) is 0. The number of ether oxygens (including phenoxy) is 1. The molecule has 0 aliphatic rings. The van der Waals surface area contributed by atoms with Crippen molar-refractivity contribution in [3.8, 4) is 5.75 Å². The second-order valence-corrected chi connectivity index (χ2v) is 2.66. The van der Waals surface area contributed by atoms with Crippen LogP contribution >= 0.6 is 23.2 Å². The molecule has 0 N–H and O–H groups in total. The summed E-state index contributed by atoms with van der Waals surface area (Å²) in [6.07, 6.45) is 0. The molecule has 3 heteroatoms. The standard InChI is InChI=1S/C8H10O.CH2Cl2/c1-2-9-8-6-4-3-5-7-8;2-1-3/h3-7H,2H2,1H3;1H2. The lowest BCUT2D eigenvalue weighted by Crippen LogP contribution is -1.89. The number of halogens is 2. The first-order valence-electron chi connectivity index (χ1n) is 3.65. The maximum Gasteiger partial charge on any atom is 0.119 e. The second kappa shape index (κ2) is 8.69. The number of hydrogen-bond acceptors (Lipinski definition) is 1. The summed E-state index contributed by atoms with van der Waals surface area (Å²) in [7, 11) is 0. The monoisotopic (exact) mass is 206 g/mol. The van der Waals surface area contributed by atoms with E-state index in [0.717, 1.165) is 12.4 Å². The van der Waals surface area contributed by atoms with Gasteiger partial charge in [-0.1, -0.05) is 18.2 Å². The summed E-state index contributed by atoms with van der Waals surface area (Å²) in [5, 5.41) is 0.194. The fourth-order valence-corrected chi connectivity index (χ4v) is 0.683. The predicted octanol–water partition coefficient (Wildman–Crippen LogP) is 3.51. The van der Waals surface area contributed by atoms with Gasteiger partial charge in [0.2, 0.25) is 0 Å². The highest BCUT2D eigenvalue weighted by Crippen LogP contribution is 2.06. The summed E-state index contributed by atoms with van der Waals surface area (Å²) >= 11 is 9.53. The van der Waals surface area contributed by atoms with Crippen molar-refractivity contribution < 1.29 is 4.74 Å². The molecule has 0 aliphatic carbocycles. The van der Waals surface area contributed by atoms with Crippen molar-refractivity contribution in [2.24, 2.45) is 0 Å². The van der Waals surface area contributed by atoms with E-state index in [-0.39, 0.29) is 5.34 Å². The Kier molecular flexibility index (Phi) is 8.40. The van der Waals surface area contributed by atoms with Gasteiger partial charge >= 0.3 is 0 Å². The van der Waals surface area contributed by atoms with Gasteiger partial charge in [0.1, 0.15) is 5.75 Å². The molecule has 0 aromatic heterocycles. The number of alkyl halides is 2. The van der Waals surface area contributed by atoms with Crippen molar-refractivity contribution in [1.29, 1.82) is 0 Å². The third kappa shape index (κ3) is 6.32. The second-order valence-electron chi connectivity index (χ2n) is 1.85. The highest BCUT2D eigenvalue weighted by atomic mass is 35.5. The molecule has 12 heavy (non-hydrogen) atoms. The normalized spacial score (nSPS) is 8.25. The van der Waals surface area contributed by atoms with Crippen LogP contribution in [0.2, 0.25) is 0 Å². The van der Waals surface area contributed by atoms with Crippen molar-refractivity contribution in [2.75, 3.05) is 11.9 Å². The van der Waals surface area contributed by atoms with Gasteiger partial charge in [-0.2, -0.15) is 0 Å². The van der Waals surface area contributed by atoms with Crippen LogP contribution in [-0.2, 0) is 0 Å². The number of rotatable bonds is 2. The molecular weight excluding hydrogens is 195 g/mol. The van der Waals surface area contributed by atoms with Gasteiger partial charge in [0, 0.05) is 0 Å². The SMILES string of the molecule is CCOc1ccccc1.ClCCl. The number of hydrogen-bond donors (Lipinski definition) is 0. The van der Waals surface area contributed by atoms with Crippen molar-refractivity contribution in [3.63, 3.8) is 0 Å². The Morgan fingerprint density at radius 2 is 1.67 bits per heavy atom. The van der Waals surface area contributed by atoms with Crippen LogP contribution in [0.4, 0.5) is 0 Å². The average Bonchev–Trinajstić information content (AvgIpc) is 2.08. The molecule has 1 aromatic carbocycles. The van der Waals surface area contributed by atoms with Crippen LogP contribution in [0.15, 0.2) is 30.3 Å². The Hall–Kier alpha value is -0.400. The molecule has 0 atom stereocenters. The maximum absolute atomic E-state index is 5.21. The minimum Gasteiger partial charge on any atom is -0.494 e. The Labute approximate surface area is 83.3 Å². The smallest absolute Gasteiger partial charge is 0.119 e. The van der Waals surface area contributed by atoms with Gasteiger partial charge in [-0.25, -0.2) is 0 Å². The lowest BCUT2D eigenvalue weighted by molar-refractivity contribution is 0.340. The summed E-state index contributed by atoms with van der Waals surface area (Å²) in [5.74, 6) is 0.944. The minimum atomic E-state index is 0.194. The maximum atomic E-state index is 5.21. The van der Waals surface area contributed by atoms with Crippen molar-refractivity contribution in [2.45, 2.75) is 6.92 Å². The third-order valence-electron chi connectivity index (χ3n) is 1.05. The van der Waals surface area contributed by atoms with E-state index in [2.05, 4.69) is 0 Å². The molecular formula is C9H12Cl2O. The molecule has 0 unspecified atom stereocenters. The van der Waals surface area contributed by atoms with Crippen LogP contribution in [0.25, 0.3) is 0 Å². The lowest BCUT2D eigenvalue weighted by atomic mass is 10.3. The van der Waals surface area contributed by atoms with Gasteiger partial charge in [0.25, 0.3) is 0 Å². The Balaban J connectivity index is 0.000000354. The van der Waals surface area contributed by atoms with Crippen LogP contribution in [0.5, 0.6) is 5.75 Å². The molecule has 0 bridgehead atoms. The van der Waals surface area contributed by atoms with Gasteiger partial charge in [0.15, 0.2) is 0 Å². The highest BCUT2D eigenvalue weighted by Gasteiger charge is 1.83. The summed E-state index contributed by atoms with van der Waals surface area (Å²) in [6, 6.07) is 9.80. The molecule has 0 heterocycles. The molecule has 0 fully saturated rings. The summed E-state index contributed by atoms with van der Waals surface area (Å²) in [6.45, 7) is 2.72. The van der Waals surface area contributed by atoms with E-state index in [4.69, 9.17) is 27.9 Å². The van der Waals surface area contributed by atoms with Gasteiger partial charge < -0.3 is 4.74 Å². The minimum absolute atomic E-state index is 0.194. The van der Waals surface area contributed by atoms with Crippen LogP contribution < -0.4 is 4.74 Å². The third-order valence-corrected chi connectivity index (χ3v) is 1.05. The van der Waals surface area contributed by atoms with Crippen molar-refractivity contribution >= 4 is 23.2 Å². The molecule has 1 nitrogen and oxygen atoms in total.